The van der Waals surface area contributed by atoms with Gasteiger partial charge in [0.25, 0.3) is 0 Å². The Bertz CT molecular complexity index is 343. The topological polar surface area (TPSA) is 66.3 Å². The summed E-state index contributed by atoms with van der Waals surface area (Å²) in [7, 11) is 0. The van der Waals surface area contributed by atoms with Crippen LogP contribution in [0.15, 0.2) is 0 Å². The van der Waals surface area contributed by atoms with E-state index in [4.69, 9.17) is 5.11 Å². The van der Waals surface area contributed by atoms with Crippen LogP contribution >= 0.6 is 11.5 Å². The van der Waals surface area contributed by atoms with Gasteiger partial charge in [-0.15, -0.1) is 0 Å². The smallest absolute Gasteiger partial charge is 0.414 e. The second-order valence-corrected chi connectivity index (χ2v) is 4.64. The maximum Gasteiger partial charge on any atom is 0.414 e. The van der Waals surface area contributed by atoms with E-state index in [1.807, 2.05) is 20.8 Å². The molecule has 6 heteroatoms. The van der Waals surface area contributed by atoms with Crippen molar-refractivity contribution < 1.29 is 9.90 Å². The molecule has 0 aliphatic carbocycles. The Hall–Kier alpha value is -1.17. The van der Waals surface area contributed by atoms with E-state index in [0.29, 0.717) is 11.0 Å². The van der Waals surface area contributed by atoms with Crippen molar-refractivity contribution >= 4 is 22.8 Å². The fraction of sp³-hybridized carbons (Fsp3) is 0.625. The van der Waals surface area contributed by atoms with Crippen LogP contribution in [0.1, 0.15) is 26.6 Å². The molecule has 14 heavy (non-hydrogen) atoms. The van der Waals surface area contributed by atoms with Crippen LogP contribution in [0.3, 0.4) is 0 Å². The Morgan fingerprint density at radius 1 is 1.50 bits per heavy atom. The summed E-state index contributed by atoms with van der Waals surface area (Å²) in [6.45, 7) is 7.19. The minimum atomic E-state index is -1.01. The van der Waals surface area contributed by atoms with E-state index < -0.39 is 11.6 Å². The zero-order valence-corrected chi connectivity index (χ0v) is 9.42. The molecule has 0 aromatic carbocycles. The number of aromatic nitrogens is 2. The van der Waals surface area contributed by atoms with E-state index >= 15 is 0 Å². The predicted octanol–water partition coefficient (Wildman–Crippen LogP) is 2.13. The normalized spacial score (nSPS) is 11.4. The Balaban J connectivity index is 3.07. The van der Waals surface area contributed by atoms with Gasteiger partial charge in [0, 0.05) is 17.1 Å². The number of anilines is 1. The van der Waals surface area contributed by atoms with Gasteiger partial charge in [-0.25, -0.2) is 14.7 Å². The Kier molecular flexibility index (Phi) is 2.75. The summed E-state index contributed by atoms with van der Waals surface area (Å²) >= 11 is 1.10. The van der Waals surface area contributed by atoms with Crippen LogP contribution < -0.4 is 4.90 Å². The minimum absolute atomic E-state index is 0.419. The number of amides is 1. The molecule has 0 saturated carbocycles. The molecule has 1 amide bonds. The van der Waals surface area contributed by atoms with Crippen LogP contribution in [0.5, 0.6) is 0 Å². The average Bonchev–Trinajstić information content (AvgIpc) is 2.31. The molecule has 0 bridgehead atoms. The molecule has 1 heterocycles. The van der Waals surface area contributed by atoms with Crippen molar-refractivity contribution in [2.75, 3.05) is 4.90 Å². The lowest BCUT2D eigenvalue weighted by Gasteiger charge is -2.30. The first-order valence-electron chi connectivity index (χ1n) is 4.16. The highest BCUT2D eigenvalue weighted by atomic mass is 32.1. The monoisotopic (exact) mass is 215 g/mol. The lowest BCUT2D eigenvalue weighted by molar-refractivity contribution is 0.195. The van der Waals surface area contributed by atoms with Gasteiger partial charge in [-0.2, -0.15) is 4.37 Å². The second-order valence-electron chi connectivity index (χ2n) is 3.91. The third-order valence-electron chi connectivity index (χ3n) is 1.57. The zero-order chi connectivity index (χ0) is 10.9. The molecule has 5 nitrogen and oxygen atoms in total. The molecule has 1 aromatic heterocycles. The van der Waals surface area contributed by atoms with Crippen molar-refractivity contribution in [1.29, 1.82) is 0 Å². The number of hydrogen-bond acceptors (Lipinski definition) is 4. The summed E-state index contributed by atoms with van der Waals surface area (Å²) in [6.07, 6.45) is -1.01. The quantitative estimate of drug-likeness (QED) is 0.779. The van der Waals surface area contributed by atoms with Gasteiger partial charge in [0.2, 0.25) is 5.13 Å². The van der Waals surface area contributed by atoms with E-state index in [9.17, 15) is 4.79 Å². The number of aryl methyl sites for hydroxylation is 1. The van der Waals surface area contributed by atoms with E-state index in [1.54, 1.807) is 6.92 Å². The fourth-order valence-electron chi connectivity index (χ4n) is 1.03. The second kappa shape index (κ2) is 3.53. The summed E-state index contributed by atoms with van der Waals surface area (Å²) < 4.78 is 3.96. The van der Waals surface area contributed by atoms with Crippen molar-refractivity contribution in [2.45, 2.75) is 33.2 Å². The first-order valence-corrected chi connectivity index (χ1v) is 4.93. The highest BCUT2D eigenvalue weighted by molar-refractivity contribution is 7.09. The highest BCUT2D eigenvalue weighted by Gasteiger charge is 2.30. The minimum Gasteiger partial charge on any atom is -0.465 e. The lowest BCUT2D eigenvalue weighted by atomic mass is 10.1. The predicted molar refractivity (Wildman–Crippen MR) is 54.9 cm³/mol. The molecular weight excluding hydrogens is 202 g/mol. The maximum absolute atomic E-state index is 11.0. The third-order valence-corrected chi connectivity index (χ3v) is 2.36. The molecule has 78 valence electrons. The Morgan fingerprint density at radius 2 is 2.07 bits per heavy atom. The summed E-state index contributed by atoms with van der Waals surface area (Å²) in [4.78, 5) is 16.3. The molecule has 0 aliphatic rings. The van der Waals surface area contributed by atoms with E-state index in [0.717, 1.165) is 11.5 Å². The first kappa shape index (κ1) is 10.9. The molecule has 0 spiro atoms. The molecule has 0 aliphatic heterocycles. The number of rotatable bonds is 1. The van der Waals surface area contributed by atoms with E-state index in [2.05, 4.69) is 9.36 Å². The summed E-state index contributed by atoms with van der Waals surface area (Å²) in [5.41, 5.74) is -0.502. The molecule has 1 aromatic rings. The van der Waals surface area contributed by atoms with Crippen LogP contribution in [-0.2, 0) is 0 Å². The largest absolute Gasteiger partial charge is 0.465 e. The van der Waals surface area contributed by atoms with Gasteiger partial charge >= 0.3 is 6.09 Å². The van der Waals surface area contributed by atoms with Crippen molar-refractivity contribution in [3.05, 3.63) is 5.82 Å². The molecule has 0 fully saturated rings. The molecule has 0 saturated heterocycles. The van der Waals surface area contributed by atoms with Gasteiger partial charge in [0.1, 0.15) is 5.82 Å². The molecule has 0 radical (unpaired) electrons. The van der Waals surface area contributed by atoms with Crippen molar-refractivity contribution in [3.8, 4) is 0 Å². The molecule has 1 N–H and O–H groups in total. The lowest BCUT2D eigenvalue weighted by Crippen LogP contribution is -2.45. The van der Waals surface area contributed by atoms with Gasteiger partial charge in [-0.3, -0.25) is 0 Å². The summed E-state index contributed by atoms with van der Waals surface area (Å²) in [5, 5.41) is 9.46. The number of carboxylic acid groups (broad SMARTS) is 1. The number of nitrogens with zero attached hydrogens (tertiary/aromatic N) is 3. The first-order chi connectivity index (χ1) is 6.32. The van der Waals surface area contributed by atoms with Crippen molar-refractivity contribution in [2.24, 2.45) is 0 Å². The van der Waals surface area contributed by atoms with Crippen LogP contribution in [0.4, 0.5) is 9.93 Å². The molecule has 0 unspecified atom stereocenters. The van der Waals surface area contributed by atoms with Gasteiger partial charge in [0.15, 0.2) is 0 Å². The molecule has 0 atom stereocenters. The summed E-state index contributed by atoms with van der Waals surface area (Å²) in [5.74, 6) is 0.598. The number of carbonyl (C=O) groups is 1. The van der Waals surface area contributed by atoms with Crippen LogP contribution in [0.2, 0.25) is 0 Å². The molecular formula is C8H13N3O2S. The Morgan fingerprint density at radius 3 is 2.36 bits per heavy atom. The van der Waals surface area contributed by atoms with Crippen LogP contribution in [0, 0.1) is 6.92 Å². The summed E-state index contributed by atoms with van der Waals surface area (Å²) in [6, 6.07) is 0. The Labute approximate surface area is 86.6 Å². The number of hydrogen-bond donors (Lipinski definition) is 1. The van der Waals surface area contributed by atoms with Crippen LogP contribution in [0.25, 0.3) is 0 Å². The standard InChI is InChI=1S/C8H13N3O2S/c1-5-9-6(14-10-5)11(7(12)13)8(2,3)4/h1-4H3,(H,12,13). The van der Waals surface area contributed by atoms with Gasteiger partial charge in [-0.05, 0) is 27.7 Å². The molecule has 1 rings (SSSR count). The van der Waals surface area contributed by atoms with E-state index in [1.165, 1.54) is 4.90 Å². The third kappa shape index (κ3) is 2.20. The van der Waals surface area contributed by atoms with Gasteiger partial charge in [0.05, 0.1) is 0 Å². The van der Waals surface area contributed by atoms with Crippen molar-refractivity contribution in [1.82, 2.24) is 9.36 Å². The fourth-order valence-corrected chi connectivity index (χ4v) is 1.89. The maximum atomic E-state index is 11.0. The van der Waals surface area contributed by atoms with Crippen molar-refractivity contribution in [3.63, 3.8) is 0 Å². The average molecular weight is 215 g/mol. The van der Waals surface area contributed by atoms with Gasteiger partial charge in [-0.1, -0.05) is 0 Å². The SMILES string of the molecule is Cc1nsc(N(C(=O)O)C(C)(C)C)n1. The van der Waals surface area contributed by atoms with E-state index in [-0.39, 0.29) is 0 Å². The van der Waals surface area contributed by atoms with Crippen LogP contribution in [-0.4, -0.2) is 26.1 Å². The highest BCUT2D eigenvalue weighted by Crippen LogP contribution is 2.25. The zero-order valence-electron chi connectivity index (χ0n) is 8.61. The van der Waals surface area contributed by atoms with Gasteiger partial charge < -0.3 is 5.11 Å².